The second-order valence-electron chi connectivity index (χ2n) is 6.20. The number of carbonyl (C=O) groups excluding carboxylic acids is 2. The highest BCUT2D eigenvalue weighted by atomic mass is 16.6. The van der Waals surface area contributed by atoms with Crippen molar-refractivity contribution in [3.05, 3.63) is 0 Å². The van der Waals surface area contributed by atoms with Crippen molar-refractivity contribution in [3.63, 3.8) is 0 Å². The van der Waals surface area contributed by atoms with E-state index < -0.39 is 0 Å². The molecule has 2 fully saturated rings. The number of nitrogens with zero attached hydrogens (tertiary/aromatic N) is 2. The molecule has 0 aromatic carbocycles. The van der Waals surface area contributed by atoms with Crippen molar-refractivity contribution in [3.8, 4) is 0 Å². The van der Waals surface area contributed by atoms with Crippen LogP contribution in [-0.4, -0.2) is 60.6 Å². The van der Waals surface area contributed by atoms with Gasteiger partial charge < -0.3 is 20.3 Å². The highest BCUT2D eigenvalue weighted by Crippen LogP contribution is 2.29. The van der Waals surface area contributed by atoms with Crippen LogP contribution in [0.3, 0.4) is 0 Å². The van der Waals surface area contributed by atoms with Crippen LogP contribution in [0.1, 0.15) is 33.1 Å². The number of rotatable bonds is 2. The van der Waals surface area contributed by atoms with E-state index in [0.29, 0.717) is 38.7 Å². The summed E-state index contributed by atoms with van der Waals surface area (Å²) in [6.45, 7) is 6.61. The average Bonchev–Trinajstić information content (AvgIpc) is 2.49. The lowest BCUT2D eigenvalue weighted by Gasteiger charge is -2.39. The number of hydrogen-bond acceptors (Lipinski definition) is 4. The molecule has 21 heavy (non-hydrogen) atoms. The van der Waals surface area contributed by atoms with Gasteiger partial charge in [-0.15, -0.1) is 0 Å². The molecule has 2 rings (SSSR count). The highest BCUT2D eigenvalue weighted by Gasteiger charge is 2.35. The zero-order valence-corrected chi connectivity index (χ0v) is 13.1. The summed E-state index contributed by atoms with van der Waals surface area (Å²) in [5.74, 6) is 0.681. The smallest absolute Gasteiger partial charge is 0.409 e. The van der Waals surface area contributed by atoms with Crippen LogP contribution in [0.2, 0.25) is 0 Å². The Labute approximate surface area is 126 Å². The quantitative estimate of drug-likeness (QED) is 0.826. The van der Waals surface area contributed by atoms with E-state index in [2.05, 4.69) is 6.92 Å². The second-order valence-corrected chi connectivity index (χ2v) is 6.20. The van der Waals surface area contributed by atoms with Gasteiger partial charge in [0.1, 0.15) is 0 Å². The maximum Gasteiger partial charge on any atom is 0.409 e. The van der Waals surface area contributed by atoms with E-state index >= 15 is 0 Å². The molecular weight excluding hydrogens is 270 g/mol. The van der Waals surface area contributed by atoms with Crippen LogP contribution in [0, 0.1) is 11.8 Å². The molecule has 2 N–H and O–H groups in total. The average molecular weight is 297 g/mol. The van der Waals surface area contributed by atoms with Crippen LogP contribution in [0.4, 0.5) is 4.79 Å². The predicted molar refractivity (Wildman–Crippen MR) is 79.7 cm³/mol. The number of carbonyl (C=O) groups is 2. The van der Waals surface area contributed by atoms with Crippen molar-refractivity contribution in [1.29, 1.82) is 0 Å². The van der Waals surface area contributed by atoms with Gasteiger partial charge in [0, 0.05) is 32.2 Å². The van der Waals surface area contributed by atoms with E-state index in [9.17, 15) is 9.59 Å². The molecule has 0 radical (unpaired) electrons. The molecule has 0 bridgehead atoms. The topological polar surface area (TPSA) is 75.9 Å². The van der Waals surface area contributed by atoms with Gasteiger partial charge in [-0.1, -0.05) is 6.92 Å². The van der Waals surface area contributed by atoms with Crippen LogP contribution in [0.25, 0.3) is 0 Å². The third-order valence-corrected chi connectivity index (χ3v) is 4.60. The van der Waals surface area contributed by atoms with Crippen molar-refractivity contribution < 1.29 is 14.3 Å². The Hall–Kier alpha value is -1.30. The summed E-state index contributed by atoms with van der Waals surface area (Å²) in [6.07, 6.45) is 2.65. The van der Waals surface area contributed by atoms with Gasteiger partial charge in [0.2, 0.25) is 5.91 Å². The first-order valence-corrected chi connectivity index (χ1v) is 7.99. The summed E-state index contributed by atoms with van der Waals surface area (Å²) < 4.78 is 4.99. The highest BCUT2D eigenvalue weighted by molar-refractivity contribution is 5.80. The van der Waals surface area contributed by atoms with Crippen LogP contribution in [0.15, 0.2) is 0 Å². The molecule has 6 nitrogen and oxygen atoms in total. The first kappa shape index (κ1) is 16.1. The van der Waals surface area contributed by atoms with Gasteiger partial charge in [-0.3, -0.25) is 4.79 Å². The summed E-state index contributed by atoms with van der Waals surface area (Å²) in [6, 6.07) is -0.0169. The number of piperazine rings is 1. The van der Waals surface area contributed by atoms with Crippen LogP contribution >= 0.6 is 0 Å². The summed E-state index contributed by atoms with van der Waals surface area (Å²) in [4.78, 5) is 27.8. The lowest BCUT2D eigenvalue weighted by molar-refractivity contribution is -0.139. The number of amides is 2. The Morgan fingerprint density at radius 3 is 2.38 bits per heavy atom. The summed E-state index contributed by atoms with van der Waals surface area (Å²) in [5.41, 5.74) is 6.13. The maximum atomic E-state index is 12.6. The first-order chi connectivity index (χ1) is 10.0. The van der Waals surface area contributed by atoms with E-state index in [1.54, 1.807) is 11.8 Å². The molecule has 2 amide bonds. The molecule has 1 saturated heterocycles. The molecule has 0 aromatic heterocycles. The van der Waals surface area contributed by atoms with Gasteiger partial charge in [0.15, 0.2) is 0 Å². The molecule has 1 aliphatic heterocycles. The summed E-state index contributed by atoms with van der Waals surface area (Å²) in [5, 5.41) is 0. The fourth-order valence-corrected chi connectivity index (χ4v) is 3.25. The minimum absolute atomic E-state index is 0.0169. The lowest BCUT2D eigenvalue weighted by atomic mass is 9.78. The fourth-order valence-electron chi connectivity index (χ4n) is 3.25. The maximum absolute atomic E-state index is 12.6. The predicted octanol–water partition coefficient (Wildman–Crippen LogP) is 1.05. The third kappa shape index (κ3) is 3.87. The van der Waals surface area contributed by atoms with E-state index in [0.717, 1.165) is 19.3 Å². The SMILES string of the molecule is CCOC(=O)N1CCN(C(=O)C2CC(C)CCC2N)CC1. The van der Waals surface area contributed by atoms with Crippen molar-refractivity contribution in [2.24, 2.45) is 17.6 Å². The normalized spacial score (nSPS) is 30.1. The summed E-state index contributed by atoms with van der Waals surface area (Å²) >= 11 is 0. The second kappa shape index (κ2) is 7.11. The van der Waals surface area contributed by atoms with Crippen molar-refractivity contribution in [2.45, 2.75) is 39.2 Å². The van der Waals surface area contributed by atoms with Gasteiger partial charge in [-0.05, 0) is 32.1 Å². The van der Waals surface area contributed by atoms with Gasteiger partial charge in [-0.2, -0.15) is 0 Å². The molecule has 3 unspecified atom stereocenters. The summed E-state index contributed by atoms with van der Waals surface area (Å²) in [7, 11) is 0. The van der Waals surface area contributed by atoms with Gasteiger partial charge in [0.05, 0.1) is 12.5 Å². The monoisotopic (exact) mass is 297 g/mol. The van der Waals surface area contributed by atoms with Crippen molar-refractivity contribution >= 4 is 12.0 Å². The Morgan fingerprint density at radius 2 is 1.76 bits per heavy atom. The van der Waals surface area contributed by atoms with E-state index in [4.69, 9.17) is 10.5 Å². The molecule has 1 aliphatic carbocycles. The van der Waals surface area contributed by atoms with Crippen LogP contribution < -0.4 is 5.73 Å². The largest absolute Gasteiger partial charge is 0.450 e. The zero-order valence-electron chi connectivity index (χ0n) is 13.1. The standard InChI is InChI=1S/C15H27N3O3/c1-3-21-15(20)18-8-6-17(7-9-18)14(19)12-10-11(2)4-5-13(12)16/h11-13H,3-10,16H2,1-2H3. The minimum atomic E-state index is -0.285. The van der Waals surface area contributed by atoms with Gasteiger partial charge >= 0.3 is 6.09 Å². The number of hydrogen-bond donors (Lipinski definition) is 1. The number of ether oxygens (including phenoxy) is 1. The number of nitrogens with two attached hydrogens (primary N) is 1. The van der Waals surface area contributed by atoms with Gasteiger partial charge in [-0.25, -0.2) is 4.79 Å². The Kier molecular flexibility index (Phi) is 5.45. The molecule has 3 atom stereocenters. The lowest BCUT2D eigenvalue weighted by Crippen LogP contribution is -2.54. The third-order valence-electron chi connectivity index (χ3n) is 4.60. The van der Waals surface area contributed by atoms with Crippen LogP contribution in [-0.2, 0) is 9.53 Å². The molecular formula is C15H27N3O3. The molecule has 1 saturated carbocycles. The van der Waals surface area contributed by atoms with E-state index in [1.807, 2.05) is 4.90 Å². The minimum Gasteiger partial charge on any atom is -0.450 e. The molecule has 1 heterocycles. The molecule has 2 aliphatic rings. The molecule has 120 valence electrons. The van der Waals surface area contributed by atoms with E-state index in [-0.39, 0.29) is 24.0 Å². The molecule has 0 aromatic rings. The molecule has 6 heteroatoms. The van der Waals surface area contributed by atoms with E-state index in [1.165, 1.54) is 0 Å². The zero-order chi connectivity index (χ0) is 15.4. The molecule has 0 spiro atoms. The van der Waals surface area contributed by atoms with Crippen molar-refractivity contribution in [2.75, 3.05) is 32.8 Å². The fraction of sp³-hybridized carbons (Fsp3) is 0.867. The van der Waals surface area contributed by atoms with Gasteiger partial charge in [0.25, 0.3) is 0 Å². The Bertz CT molecular complexity index is 380. The van der Waals surface area contributed by atoms with Crippen molar-refractivity contribution in [1.82, 2.24) is 9.80 Å². The Balaban J connectivity index is 1.86. The Morgan fingerprint density at radius 1 is 1.14 bits per heavy atom. The van der Waals surface area contributed by atoms with Crippen LogP contribution in [0.5, 0.6) is 0 Å². The first-order valence-electron chi connectivity index (χ1n) is 7.99.